The van der Waals surface area contributed by atoms with Crippen LogP contribution >= 0.6 is 0 Å². The first kappa shape index (κ1) is 15.3. The maximum Gasteiger partial charge on any atom is 0.220 e. The van der Waals surface area contributed by atoms with Gasteiger partial charge in [0.25, 0.3) is 0 Å². The second-order valence-corrected chi connectivity index (χ2v) is 5.00. The summed E-state index contributed by atoms with van der Waals surface area (Å²) in [6.45, 7) is 5.99. The minimum Gasteiger partial charge on any atom is -0.497 e. The van der Waals surface area contributed by atoms with Gasteiger partial charge in [0, 0.05) is 12.0 Å². The highest BCUT2D eigenvalue weighted by atomic mass is 16.5. The molecule has 0 aliphatic rings. The van der Waals surface area contributed by atoms with Crippen LogP contribution in [-0.2, 0) is 4.79 Å². The Hall–Kier alpha value is -1.71. The van der Waals surface area contributed by atoms with E-state index in [1.165, 1.54) is 0 Å². The molecule has 0 heterocycles. The lowest BCUT2D eigenvalue weighted by Gasteiger charge is -2.18. The summed E-state index contributed by atoms with van der Waals surface area (Å²) in [4.78, 5) is 11.8. The predicted octanol–water partition coefficient (Wildman–Crippen LogP) is 2.93. The minimum atomic E-state index is -0.115. The highest BCUT2D eigenvalue weighted by Gasteiger charge is 2.15. The van der Waals surface area contributed by atoms with E-state index in [1.807, 2.05) is 39.0 Å². The Kier molecular flexibility index (Phi) is 5.67. The Morgan fingerprint density at radius 2 is 1.89 bits per heavy atom. The molecule has 1 aromatic rings. The fourth-order valence-corrected chi connectivity index (χ4v) is 1.93. The molecule has 0 spiro atoms. The van der Waals surface area contributed by atoms with Crippen molar-refractivity contribution in [2.24, 2.45) is 5.92 Å². The zero-order valence-corrected chi connectivity index (χ0v) is 12.3. The Bertz CT molecular complexity index is 429. The number of hydrogen-bond acceptors (Lipinski definition) is 3. The van der Waals surface area contributed by atoms with Crippen LogP contribution in [0.3, 0.4) is 0 Å². The summed E-state index contributed by atoms with van der Waals surface area (Å²) in [6, 6.07) is 5.46. The first-order valence-electron chi connectivity index (χ1n) is 6.49. The summed E-state index contributed by atoms with van der Waals surface area (Å²) in [5, 5.41) is 2.98. The first-order chi connectivity index (χ1) is 8.97. The molecule has 0 saturated heterocycles. The van der Waals surface area contributed by atoms with Gasteiger partial charge in [-0.3, -0.25) is 4.79 Å². The molecule has 0 unspecified atom stereocenters. The van der Waals surface area contributed by atoms with Gasteiger partial charge in [-0.15, -0.1) is 0 Å². The maximum absolute atomic E-state index is 11.8. The Morgan fingerprint density at radius 3 is 2.42 bits per heavy atom. The second kappa shape index (κ2) is 7.02. The largest absolute Gasteiger partial charge is 0.497 e. The molecule has 0 aliphatic carbocycles. The Morgan fingerprint density at radius 1 is 1.21 bits per heavy atom. The summed E-state index contributed by atoms with van der Waals surface area (Å²) >= 11 is 0. The van der Waals surface area contributed by atoms with E-state index in [9.17, 15) is 4.79 Å². The molecule has 1 atom stereocenters. The van der Waals surface area contributed by atoms with Gasteiger partial charge < -0.3 is 14.8 Å². The number of benzene rings is 1. The number of amides is 1. The quantitative estimate of drug-likeness (QED) is 0.860. The van der Waals surface area contributed by atoms with Crippen LogP contribution in [0.4, 0.5) is 0 Å². The number of methoxy groups -OCH3 is 2. The molecule has 0 radical (unpaired) electrons. The molecule has 19 heavy (non-hydrogen) atoms. The fourth-order valence-electron chi connectivity index (χ4n) is 1.93. The number of ether oxygens (including phenoxy) is 2. The van der Waals surface area contributed by atoms with Gasteiger partial charge in [0.2, 0.25) is 5.91 Å². The summed E-state index contributed by atoms with van der Waals surface area (Å²) in [5.41, 5.74) is 0.916. The van der Waals surface area contributed by atoms with E-state index in [1.54, 1.807) is 14.2 Å². The summed E-state index contributed by atoms with van der Waals surface area (Å²) in [6.07, 6.45) is 0.524. The van der Waals surface area contributed by atoms with E-state index in [4.69, 9.17) is 9.47 Å². The van der Waals surface area contributed by atoms with Gasteiger partial charge in [-0.2, -0.15) is 0 Å². The standard InChI is InChI=1S/C15H23NO3/c1-10(2)8-15(17)16-11(3)13-9-12(18-4)6-7-14(13)19-5/h6-7,9-11H,8H2,1-5H3,(H,16,17)/t11-/m0/s1. The zero-order chi connectivity index (χ0) is 14.4. The predicted molar refractivity (Wildman–Crippen MR) is 75.6 cm³/mol. The van der Waals surface area contributed by atoms with Crippen molar-refractivity contribution in [2.45, 2.75) is 33.2 Å². The van der Waals surface area contributed by atoms with Gasteiger partial charge in [-0.1, -0.05) is 13.8 Å². The van der Waals surface area contributed by atoms with Crippen molar-refractivity contribution in [1.29, 1.82) is 0 Å². The highest BCUT2D eigenvalue weighted by Crippen LogP contribution is 2.29. The van der Waals surface area contributed by atoms with Crippen molar-refractivity contribution in [3.05, 3.63) is 23.8 Å². The molecule has 0 aromatic heterocycles. The number of rotatable bonds is 6. The van der Waals surface area contributed by atoms with Gasteiger partial charge in [-0.25, -0.2) is 0 Å². The molecule has 0 fully saturated rings. The van der Waals surface area contributed by atoms with Crippen molar-refractivity contribution >= 4 is 5.91 Å². The van der Waals surface area contributed by atoms with Crippen molar-refractivity contribution in [2.75, 3.05) is 14.2 Å². The number of carbonyl (C=O) groups excluding carboxylic acids is 1. The van der Waals surface area contributed by atoms with Crippen LogP contribution < -0.4 is 14.8 Å². The molecule has 0 aliphatic heterocycles. The van der Waals surface area contributed by atoms with Gasteiger partial charge in [0.05, 0.1) is 20.3 Å². The zero-order valence-electron chi connectivity index (χ0n) is 12.3. The third kappa shape index (κ3) is 4.47. The van der Waals surface area contributed by atoms with Gasteiger partial charge >= 0.3 is 0 Å². The molecule has 1 amide bonds. The molecular weight excluding hydrogens is 242 g/mol. The second-order valence-electron chi connectivity index (χ2n) is 5.00. The summed E-state index contributed by atoms with van der Waals surface area (Å²) < 4.78 is 10.5. The lowest BCUT2D eigenvalue weighted by Crippen LogP contribution is -2.27. The van der Waals surface area contributed by atoms with Gasteiger partial charge in [0.15, 0.2) is 0 Å². The molecule has 4 heteroatoms. The van der Waals surface area contributed by atoms with E-state index in [2.05, 4.69) is 5.32 Å². The van der Waals surface area contributed by atoms with Crippen molar-refractivity contribution < 1.29 is 14.3 Å². The highest BCUT2D eigenvalue weighted by molar-refractivity contribution is 5.76. The Balaban J connectivity index is 2.85. The average Bonchev–Trinajstić information content (AvgIpc) is 2.36. The Labute approximate surface area is 115 Å². The van der Waals surface area contributed by atoms with Gasteiger partial charge in [-0.05, 0) is 31.0 Å². The third-order valence-electron chi connectivity index (χ3n) is 2.87. The summed E-state index contributed by atoms with van der Waals surface area (Å²) in [7, 11) is 3.24. The topological polar surface area (TPSA) is 47.6 Å². The molecule has 1 N–H and O–H groups in total. The van der Waals surface area contributed by atoms with Crippen LogP contribution in [0.15, 0.2) is 18.2 Å². The number of hydrogen-bond donors (Lipinski definition) is 1. The van der Waals surface area contributed by atoms with Crippen LogP contribution in [-0.4, -0.2) is 20.1 Å². The monoisotopic (exact) mass is 265 g/mol. The van der Waals surface area contributed by atoms with Crippen LogP contribution in [0.1, 0.15) is 38.8 Å². The lowest BCUT2D eigenvalue weighted by atomic mass is 10.1. The molecule has 106 valence electrons. The average molecular weight is 265 g/mol. The van der Waals surface area contributed by atoms with E-state index >= 15 is 0 Å². The van der Waals surface area contributed by atoms with E-state index in [-0.39, 0.29) is 11.9 Å². The van der Waals surface area contributed by atoms with Crippen LogP contribution in [0, 0.1) is 5.92 Å². The molecule has 0 bridgehead atoms. The van der Waals surface area contributed by atoms with Crippen LogP contribution in [0.25, 0.3) is 0 Å². The normalized spacial score (nSPS) is 12.1. The van der Waals surface area contributed by atoms with Crippen molar-refractivity contribution in [3.8, 4) is 11.5 Å². The first-order valence-corrected chi connectivity index (χ1v) is 6.49. The molecule has 4 nitrogen and oxygen atoms in total. The molecular formula is C15H23NO3. The maximum atomic E-state index is 11.8. The van der Waals surface area contributed by atoms with Crippen molar-refractivity contribution in [1.82, 2.24) is 5.32 Å². The fraction of sp³-hybridized carbons (Fsp3) is 0.533. The van der Waals surface area contributed by atoms with Crippen molar-refractivity contribution in [3.63, 3.8) is 0 Å². The summed E-state index contributed by atoms with van der Waals surface area (Å²) in [5.74, 6) is 1.89. The number of carbonyl (C=O) groups is 1. The number of nitrogens with one attached hydrogen (secondary N) is 1. The molecule has 0 saturated carbocycles. The third-order valence-corrected chi connectivity index (χ3v) is 2.87. The van der Waals surface area contributed by atoms with E-state index in [0.717, 1.165) is 17.1 Å². The molecule has 1 rings (SSSR count). The van der Waals surface area contributed by atoms with Gasteiger partial charge in [0.1, 0.15) is 11.5 Å². The smallest absolute Gasteiger partial charge is 0.220 e. The SMILES string of the molecule is COc1ccc(OC)c([C@H](C)NC(=O)CC(C)C)c1. The lowest BCUT2D eigenvalue weighted by molar-refractivity contribution is -0.122. The van der Waals surface area contributed by atoms with Crippen LogP contribution in [0.2, 0.25) is 0 Å². The van der Waals surface area contributed by atoms with E-state index < -0.39 is 0 Å². The van der Waals surface area contributed by atoms with E-state index in [0.29, 0.717) is 12.3 Å². The molecule has 1 aromatic carbocycles. The minimum absolute atomic E-state index is 0.0485. The van der Waals surface area contributed by atoms with Crippen LogP contribution in [0.5, 0.6) is 11.5 Å².